The van der Waals surface area contributed by atoms with Gasteiger partial charge >= 0.3 is 0 Å². The van der Waals surface area contributed by atoms with E-state index >= 15 is 0 Å². The van der Waals surface area contributed by atoms with Gasteiger partial charge in [-0.15, -0.1) is 11.3 Å². The summed E-state index contributed by atoms with van der Waals surface area (Å²) in [6.07, 6.45) is 3.67. The molecule has 0 aliphatic carbocycles. The Hall–Kier alpha value is -4.00. The van der Waals surface area contributed by atoms with Crippen molar-refractivity contribution in [2.45, 2.75) is 17.7 Å². The van der Waals surface area contributed by atoms with E-state index in [9.17, 15) is 21.0 Å². The minimum absolute atomic E-state index is 0.0602. The molecule has 0 fully saturated rings. The minimum atomic E-state index is -1.70. The SMILES string of the molecule is N#CC(=C=[N-])C1=C(C#N)C(c2cccs2)C([n+]2ccccc2)C(O)(c2ccccc2)N1. The molecule has 0 saturated heterocycles. The number of hydrogen-bond donors (Lipinski definition) is 2. The van der Waals surface area contributed by atoms with Crippen molar-refractivity contribution in [1.82, 2.24) is 5.32 Å². The highest BCUT2D eigenvalue weighted by Crippen LogP contribution is 2.48. The summed E-state index contributed by atoms with van der Waals surface area (Å²) in [6, 6.07) is 21.8. The number of hydrogen-bond acceptors (Lipinski definition) is 5. The van der Waals surface area contributed by atoms with Crippen molar-refractivity contribution < 1.29 is 9.67 Å². The van der Waals surface area contributed by atoms with E-state index in [0.717, 1.165) is 4.88 Å². The number of aromatic nitrogens is 1. The van der Waals surface area contributed by atoms with Crippen LogP contribution in [0.15, 0.2) is 95.3 Å². The quantitative estimate of drug-likeness (QED) is 0.382. The summed E-state index contributed by atoms with van der Waals surface area (Å²) in [5, 5.41) is 46.3. The topological polar surface area (TPSA) is 106 Å². The molecule has 1 aliphatic rings. The van der Waals surface area contributed by atoms with Gasteiger partial charge in [-0.1, -0.05) is 42.5 Å². The maximum absolute atomic E-state index is 12.1. The van der Waals surface area contributed by atoms with Gasteiger partial charge in [-0.3, -0.25) is 0 Å². The third-order valence-electron chi connectivity index (χ3n) is 5.36. The first-order chi connectivity index (χ1) is 15.1. The minimum Gasteiger partial charge on any atom is -0.762 e. The molecule has 0 amide bonds. The van der Waals surface area contributed by atoms with E-state index in [-0.39, 0.29) is 16.8 Å². The van der Waals surface area contributed by atoms with Crippen LogP contribution in [0, 0.1) is 22.7 Å². The molecule has 2 aromatic heterocycles. The predicted molar refractivity (Wildman–Crippen MR) is 116 cm³/mol. The highest BCUT2D eigenvalue weighted by atomic mass is 32.1. The summed E-state index contributed by atoms with van der Waals surface area (Å²) >= 11 is 1.46. The van der Waals surface area contributed by atoms with Crippen molar-refractivity contribution in [3.63, 3.8) is 0 Å². The van der Waals surface area contributed by atoms with Gasteiger partial charge in [0, 0.05) is 22.6 Å². The first-order valence-electron chi connectivity index (χ1n) is 9.51. The van der Waals surface area contributed by atoms with Gasteiger partial charge in [-0.2, -0.15) is 15.1 Å². The Morgan fingerprint density at radius 1 is 1.06 bits per heavy atom. The van der Waals surface area contributed by atoms with Crippen molar-refractivity contribution in [1.29, 1.82) is 10.5 Å². The van der Waals surface area contributed by atoms with Gasteiger partial charge < -0.3 is 15.8 Å². The van der Waals surface area contributed by atoms with E-state index in [0.29, 0.717) is 5.56 Å². The number of pyridine rings is 1. The number of allylic oxidation sites excluding steroid dienone is 2. The van der Waals surface area contributed by atoms with Crippen LogP contribution in [0.2, 0.25) is 0 Å². The number of aliphatic hydroxyl groups is 1. The molecule has 0 saturated carbocycles. The number of thiophene rings is 1. The number of nitrogens with one attached hydrogen (secondary N) is 1. The third kappa shape index (κ3) is 3.44. The van der Waals surface area contributed by atoms with Crippen molar-refractivity contribution in [2.75, 3.05) is 0 Å². The second-order valence-electron chi connectivity index (χ2n) is 7.02. The van der Waals surface area contributed by atoms with Crippen LogP contribution < -0.4 is 9.88 Å². The summed E-state index contributed by atoms with van der Waals surface area (Å²) in [5.41, 5.74) is -1.09. The van der Waals surface area contributed by atoms with E-state index in [1.807, 2.05) is 82.8 Å². The normalized spacial score (nSPS) is 22.5. The molecule has 0 bridgehead atoms. The largest absolute Gasteiger partial charge is 0.762 e. The van der Waals surface area contributed by atoms with Crippen LogP contribution in [0.4, 0.5) is 0 Å². The Kier molecular flexibility index (Phi) is 5.49. The molecule has 3 unspecified atom stereocenters. The van der Waals surface area contributed by atoms with Crippen LogP contribution in [0.3, 0.4) is 0 Å². The average Bonchev–Trinajstić information content (AvgIpc) is 3.35. The Morgan fingerprint density at radius 2 is 1.77 bits per heavy atom. The van der Waals surface area contributed by atoms with E-state index in [4.69, 9.17) is 0 Å². The average molecular weight is 424 g/mol. The van der Waals surface area contributed by atoms with Crippen molar-refractivity contribution >= 4 is 17.2 Å². The Bertz CT molecular complexity index is 1250. The second-order valence-corrected chi connectivity index (χ2v) is 8.00. The molecule has 7 heteroatoms. The Balaban J connectivity index is 2.09. The summed E-state index contributed by atoms with van der Waals surface area (Å²) < 4.78 is 1.86. The van der Waals surface area contributed by atoms with E-state index in [2.05, 4.69) is 11.4 Å². The van der Waals surface area contributed by atoms with Gasteiger partial charge in [0.1, 0.15) is 6.07 Å². The fraction of sp³-hybridized carbons (Fsp3) is 0.125. The lowest BCUT2D eigenvalue weighted by Gasteiger charge is -2.42. The Morgan fingerprint density at radius 3 is 2.35 bits per heavy atom. The fourth-order valence-electron chi connectivity index (χ4n) is 4.03. The van der Waals surface area contributed by atoms with Gasteiger partial charge in [0.05, 0.1) is 28.8 Å². The maximum atomic E-state index is 12.1. The molecule has 31 heavy (non-hydrogen) atoms. The standard InChI is InChI=1S/C24H17N5OS/c25-14-17(15-26)22-19(16-27)21(20-10-7-13-31-20)23(29-11-5-2-6-12-29)24(30,28-22)18-8-3-1-4-9-18/h1-13,21,23,28,30H. The summed E-state index contributed by atoms with van der Waals surface area (Å²) in [5.74, 6) is 1.28. The van der Waals surface area contributed by atoms with E-state index < -0.39 is 17.7 Å². The molecule has 3 atom stereocenters. The van der Waals surface area contributed by atoms with Crippen molar-refractivity contribution in [2.24, 2.45) is 0 Å². The zero-order chi connectivity index (χ0) is 21.8. The zero-order valence-electron chi connectivity index (χ0n) is 16.3. The smallest absolute Gasteiger partial charge is 0.227 e. The van der Waals surface area contributed by atoms with Crippen LogP contribution in [-0.2, 0) is 5.72 Å². The third-order valence-corrected chi connectivity index (χ3v) is 6.31. The molecule has 150 valence electrons. The van der Waals surface area contributed by atoms with Gasteiger partial charge in [0.15, 0.2) is 12.4 Å². The molecule has 1 aromatic carbocycles. The second kappa shape index (κ2) is 8.39. The Labute approximate surface area is 183 Å². The van der Waals surface area contributed by atoms with Crippen LogP contribution in [-0.4, -0.2) is 11.0 Å². The summed E-state index contributed by atoms with van der Waals surface area (Å²) in [6.45, 7) is 0. The van der Waals surface area contributed by atoms with Crippen LogP contribution in [0.5, 0.6) is 0 Å². The van der Waals surface area contributed by atoms with E-state index in [1.54, 1.807) is 12.1 Å². The van der Waals surface area contributed by atoms with Crippen molar-refractivity contribution in [3.05, 3.63) is 111 Å². The first kappa shape index (κ1) is 20.3. The fourth-order valence-corrected chi connectivity index (χ4v) is 4.90. The predicted octanol–water partition coefficient (Wildman–Crippen LogP) is 3.28. The maximum Gasteiger partial charge on any atom is 0.227 e. The highest BCUT2D eigenvalue weighted by molar-refractivity contribution is 7.10. The van der Waals surface area contributed by atoms with Gasteiger partial charge in [0.25, 0.3) is 0 Å². The van der Waals surface area contributed by atoms with Crippen LogP contribution >= 0.6 is 11.3 Å². The molecule has 3 aromatic rings. The van der Waals surface area contributed by atoms with Crippen molar-refractivity contribution in [3.8, 4) is 12.1 Å². The summed E-state index contributed by atoms with van der Waals surface area (Å²) in [7, 11) is 0. The molecule has 0 spiro atoms. The summed E-state index contributed by atoms with van der Waals surface area (Å²) in [4.78, 5) is 0.849. The van der Waals surface area contributed by atoms with Gasteiger partial charge in [-0.05, 0) is 11.4 Å². The van der Waals surface area contributed by atoms with Gasteiger partial charge in [-0.25, -0.2) is 5.87 Å². The molecule has 3 heterocycles. The zero-order valence-corrected chi connectivity index (χ0v) is 17.1. The first-order valence-corrected chi connectivity index (χ1v) is 10.4. The van der Waals surface area contributed by atoms with Gasteiger partial charge in [0.2, 0.25) is 11.8 Å². The lowest BCUT2D eigenvalue weighted by Crippen LogP contribution is -2.62. The highest BCUT2D eigenvalue weighted by Gasteiger charge is 2.56. The molecular formula is C24H17N5OS. The number of rotatable bonds is 4. The van der Waals surface area contributed by atoms with Crippen LogP contribution in [0.1, 0.15) is 22.4 Å². The number of benzene rings is 1. The van der Waals surface area contributed by atoms with Crippen LogP contribution in [0.25, 0.3) is 5.41 Å². The molecule has 4 rings (SSSR count). The van der Waals surface area contributed by atoms with E-state index in [1.165, 1.54) is 11.3 Å². The molecular weight excluding hydrogens is 406 g/mol. The monoisotopic (exact) mass is 423 g/mol. The number of nitrogens with zero attached hydrogens (tertiary/aromatic N) is 4. The molecule has 0 radical (unpaired) electrons. The molecule has 2 N–H and O–H groups in total. The lowest BCUT2D eigenvalue weighted by atomic mass is 9.75. The number of nitriles is 2. The molecule has 6 nitrogen and oxygen atoms in total. The molecule has 1 aliphatic heterocycles. The lowest BCUT2D eigenvalue weighted by molar-refractivity contribution is -0.743.